The smallest absolute Gasteiger partial charge is 0.227 e. The molecule has 1 amide bonds. The van der Waals surface area contributed by atoms with Crippen LogP contribution >= 0.6 is 0 Å². The molecule has 1 heterocycles. The molecule has 2 aromatic rings. The first-order valence-corrected chi connectivity index (χ1v) is 11.3. The molecule has 5 nitrogen and oxygen atoms in total. The van der Waals surface area contributed by atoms with Crippen LogP contribution in [-0.2, 0) is 20.6 Å². The Hall–Kier alpha value is -2.18. The van der Waals surface area contributed by atoms with Crippen LogP contribution in [-0.4, -0.2) is 31.7 Å². The highest BCUT2D eigenvalue weighted by atomic mass is 32.2. The fourth-order valence-corrected chi connectivity index (χ4v) is 5.41. The summed E-state index contributed by atoms with van der Waals surface area (Å²) in [4.78, 5) is 12.6. The molecule has 3 rings (SSSR count). The number of aryl methyl sites for hydroxylation is 3. The Morgan fingerprint density at radius 2 is 1.64 bits per heavy atom. The van der Waals surface area contributed by atoms with Gasteiger partial charge in [0.05, 0.1) is 5.75 Å². The zero-order valence-corrected chi connectivity index (χ0v) is 17.6. The molecule has 0 aliphatic carbocycles. The van der Waals surface area contributed by atoms with Crippen molar-refractivity contribution in [2.45, 2.75) is 39.4 Å². The summed E-state index contributed by atoms with van der Waals surface area (Å²) in [5.41, 5.74) is 4.82. The van der Waals surface area contributed by atoms with Gasteiger partial charge in [0.25, 0.3) is 0 Å². The van der Waals surface area contributed by atoms with E-state index in [2.05, 4.69) is 11.4 Å². The van der Waals surface area contributed by atoms with Gasteiger partial charge < -0.3 is 5.32 Å². The monoisotopic (exact) mass is 400 g/mol. The van der Waals surface area contributed by atoms with E-state index in [1.807, 2.05) is 57.2 Å². The van der Waals surface area contributed by atoms with Crippen LogP contribution < -0.4 is 5.32 Å². The van der Waals surface area contributed by atoms with Crippen LogP contribution in [0.2, 0.25) is 0 Å². The largest absolute Gasteiger partial charge is 0.326 e. The number of nitrogens with zero attached hydrogens (tertiary/aromatic N) is 1. The van der Waals surface area contributed by atoms with E-state index in [0.717, 1.165) is 27.9 Å². The van der Waals surface area contributed by atoms with E-state index in [9.17, 15) is 13.2 Å². The standard InChI is InChI=1S/C22H28N2O3S/c1-16-12-17(2)14-21(13-16)23-22(25)19-8-10-24(11-9-19)28(26,27)15-20-7-5-4-6-18(20)3/h4-7,12-14,19H,8-11,15H2,1-3H3,(H,23,25). The average molecular weight is 401 g/mol. The molecule has 1 N–H and O–H groups in total. The molecule has 0 unspecified atom stereocenters. The van der Waals surface area contributed by atoms with E-state index in [1.165, 1.54) is 4.31 Å². The lowest BCUT2D eigenvalue weighted by Crippen LogP contribution is -2.42. The first kappa shape index (κ1) is 20.6. The Morgan fingerprint density at radius 1 is 1.04 bits per heavy atom. The van der Waals surface area contributed by atoms with E-state index in [-0.39, 0.29) is 17.6 Å². The minimum atomic E-state index is -3.38. The molecule has 1 saturated heterocycles. The van der Waals surface area contributed by atoms with Gasteiger partial charge in [-0.1, -0.05) is 30.3 Å². The number of benzene rings is 2. The van der Waals surface area contributed by atoms with Gasteiger partial charge in [-0.3, -0.25) is 4.79 Å². The van der Waals surface area contributed by atoms with Gasteiger partial charge in [-0.15, -0.1) is 0 Å². The maximum atomic E-state index is 12.8. The van der Waals surface area contributed by atoms with Crippen molar-refractivity contribution in [2.75, 3.05) is 18.4 Å². The molecule has 0 bridgehead atoms. The SMILES string of the molecule is Cc1cc(C)cc(NC(=O)C2CCN(S(=O)(=O)Cc3ccccc3C)CC2)c1. The minimum absolute atomic E-state index is 0.0130. The first-order chi connectivity index (χ1) is 13.2. The number of carbonyl (C=O) groups is 1. The zero-order valence-electron chi connectivity index (χ0n) is 16.7. The van der Waals surface area contributed by atoms with Crippen LogP contribution in [0.25, 0.3) is 0 Å². The van der Waals surface area contributed by atoms with Gasteiger partial charge in [-0.05, 0) is 68.0 Å². The fraction of sp³-hybridized carbons (Fsp3) is 0.409. The second-order valence-corrected chi connectivity index (χ2v) is 9.69. The van der Waals surface area contributed by atoms with E-state index in [1.54, 1.807) is 0 Å². The summed E-state index contributed by atoms with van der Waals surface area (Å²) in [6.07, 6.45) is 1.09. The quantitative estimate of drug-likeness (QED) is 0.830. The van der Waals surface area contributed by atoms with E-state index in [0.29, 0.717) is 25.9 Å². The summed E-state index contributed by atoms with van der Waals surface area (Å²) >= 11 is 0. The van der Waals surface area contributed by atoms with Crippen molar-refractivity contribution >= 4 is 21.6 Å². The molecule has 1 aliphatic heterocycles. The lowest BCUT2D eigenvalue weighted by molar-refractivity contribution is -0.120. The summed E-state index contributed by atoms with van der Waals surface area (Å²) in [5.74, 6) is -0.175. The van der Waals surface area contributed by atoms with Crippen LogP contribution in [0.15, 0.2) is 42.5 Å². The van der Waals surface area contributed by atoms with Crippen LogP contribution in [0.4, 0.5) is 5.69 Å². The summed E-state index contributed by atoms with van der Waals surface area (Å²) in [6, 6.07) is 13.5. The van der Waals surface area contributed by atoms with Crippen molar-refractivity contribution in [3.05, 3.63) is 64.7 Å². The van der Waals surface area contributed by atoms with Crippen molar-refractivity contribution in [2.24, 2.45) is 5.92 Å². The minimum Gasteiger partial charge on any atom is -0.326 e. The Labute approximate surface area is 167 Å². The van der Waals surface area contributed by atoms with Gasteiger partial charge in [-0.2, -0.15) is 0 Å². The van der Waals surface area contributed by atoms with Gasteiger partial charge in [0.1, 0.15) is 0 Å². The number of hydrogen-bond donors (Lipinski definition) is 1. The molecule has 6 heteroatoms. The number of hydrogen-bond acceptors (Lipinski definition) is 3. The molecule has 0 radical (unpaired) electrons. The molecule has 0 spiro atoms. The number of nitrogens with one attached hydrogen (secondary N) is 1. The highest BCUT2D eigenvalue weighted by molar-refractivity contribution is 7.88. The molecule has 0 atom stereocenters. The second kappa shape index (κ2) is 8.45. The molecule has 1 fully saturated rings. The lowest BCUT2D eigenvalue weighted by atomic mass is 9.97. The molecular formula is C22H28N2O3S. The van der Waals surface area contributed by atoms with Gasteiger partial charge in [0.15, 0.2) is 0 Å². The molecule has 150 valence electrons. The number of carbonyl (C=O) groups excluding carboxylic acids is 1. The van der Waals surface area contributed by atoms with Gasteiger partial charge in [-0.25, -0.2) is 12.7 Å². The number of amides is 1. The van der Waals surface area contributed by atoms with Crippen molar-refractivity contribution in [3.63, 3.8) is 0 Å². The Kier molecular flexibility index (Phi) is 6.20. The Morgan fingerprint density at radius 3 is 2.25 bits per heavy atom. The summed E-state index contributed by atoms with van der Waals surface area (Å²) in [7, 11) is -3.38. The molecule has 28 heavy (non-hydrogen) atoms. The van der Waals surface area contributed by atoms with Crippen molar-refractivity contribution in [1.29, 1.82) is 0 Å². The lowest BCUT2D eigenvalue weighted by Gasteiger charge is -2.30. The second-order valence-electron chi connectivity index (χ2n) is 7.72. The first-order valence-electron chi connectivity index (χ1n) is 9.66. The summed E-state index contributed by atoms with van der Waals surface area (Å²) in [5, 5.41) is 2.99. The normalized spacial score (nSPS) is 16.1. The van der Waals surface area contributed by atoms with Crippen molar-refractivity contribution in [1.82, 2.24) is 4.31 Å². The maximum Gasteiger partial charge on any atom is 0.227 e. The van der Waals surface area contributed by atoms with Crippen LogP contribution in [0.3, 0.4) is 0 Å². The van der Waals surface area contributed by atoms with Gasteiger partial charge in [0, 0.05) is 24.7 Å². The molecule has 0 aromatic heterocycles. The predicted molar refractivity (Wildman–Crippen MR) is 113 cm³/mol. The number of piperidine rings is 1. The number of anilines is 1. The molecule has 2 aromatic carbocycles. The summed E-state index contributed by atoms with van der Waals surface area (Å²) in [6.45, 7) is 6.70. The Bertz CT molecular complexity index is 941. The van der Waals surface area contributed by atoms with Gasteiger partial charge >= 0.3 is 0 Å². The third-order valence-corrected chi connectivity index (χ3v) is 7.13. The Balaban J connectivity index is 1.59. The van der Waals surface area contributed by atoms with Gasteiger partial charge in [0.2, 0.25) is 15.9 Å². The third kappa shape index (κ3) is 5.00. The molecular weight excluding hydrogens is 372 g/mol. The van der Waals surface area contributed by atoms with Crippen molar-refractivity contribution < 1.29 is 13.2 Å². The highest BCUT2D eigenvalue weighted by Gasteiger charge is 2.31. The zero-order chi connectivity index (χ0) is 20.3. The number of sulfonamides is 1. The van der Waals surface area contributed by atoms with Crippen LogP contribution in [0.1, 0.15) is 35.1 Å². The average Bonchev–Trinajstić information content (AvgIpc) is 2.63. The van der Waals surface area contributed by atoms with E-state index < -0.39 is 10.0 Å². The predicted octanol–water partition coefficient (Wildman–Crippen LogP) is 3.79. The topological polar surface area (TPSA) is 66.5 Å². The van der Waals surface area contributed by atoms with E-state index in [4.69, 9.17) is 0 Å². The fourth-order valence-electron chi connectivity index (χ4n) is 3.75. The summed E-state index contributed by atoms with van der Waals surface area (Å²) < 4.78 is 27.1. The third-order valence-electron chi connectivity index (χ3n) is 5.31. The highest BCUT2D eigenvalue weighted by Crippen LogP contribution is 2.24. The number of rotatable bonds is 5. The van der Waals surface area contributed by atoms with Crippen molar-refractivity contribution in [3.8, 4) is 0 Å². The van der Waals surface area contributed by atoms with Crippen LogP contribution in [0.5, 0.6) is 0 Å². The maximum absolute atomic E-state index is 12.8. The van der Waals surface area contributed by atoms with E-state index >= 15 is 0 Å². The van der Waals surface area contributed by atoms with Crippen LogP contribution in [0, 0.1) is 26.7 Å². The molecule has 1 aliphatic rings. The molecule has 0 saturated carbocycles.